The van der Waals surface area contributed by atoms with Crippen molar-refractivity contribution in [2.45, 2.75) is 0 Å². The fraction of sp³-hybridized carbons (Fsp3) is 0. The molecule has 0 aliphatic carbocycles. The molecule has 0 amide bonds. The minimum absolute atomic E-state index is 0. The smallest absolute Gasteiger partial charge is 2.00 e. The fourth-order valence-corrected chi connectivity index (χ4v) is 0. The first kappa shape index (κ1) is 17.0. The van der Waals surface area contributed by atoms with Gasteiger partial charge in [0, 0.05) is 0 Å². The minimum Gasteiger partial charge on any atom is 2.00 e. The topological polar surface area (TPSA) is 121 Å². The quantitative estimate of drug-likeness (QED) is 0.432. The summed E-state index contributed by atoms with van der Waals surface area (Å²) in [6.07, 6.45) is 0. The Bertz CT molecular complexity index is 69.1. The summed E-state index contributed by atoms with van der Waals surface area (Å²) in [4.78, 5) is 0. The molecule has 0 saturated heterocycles. The van der Waals surface area contributed by atoms with E-state index in [0.717, 1.165) is 0 Å². The third kappa shape index (κ3) is 193. The number of hydrogen-bond donors (Lipinski definition) is 2. The van der Waals surface area contributed by atoms with Crippen molar-refractivity contribution in [1.82, 2.24) is 0 Å². The zero-order chi connectivity index (χ0) is 7.15. The van der Waals surface area contributed by atoms with Gasteiger partial charge in [-0.25, -0.2) is 0 Å². The van der Waals surface area contributed by atoms with Gasteiger partial charge in [0.25, 0.3) is 0 Å². The van der Waals surface area contributed by atoms with E-state index in [1.807, 2.05) is 0 Å². The molecule has 0 aliphatic rings. The summed E-state index contributed by atoms with van der Waals surface area (Å²) >= 11 is -7.08. The van der Waals surface area contributed by atoms with Crippen LogP contribution in [0.3, 0.4) is 0 Å². The average Bonchev–Trinajstić information content (AvgIpc) is 1.25. The van der Waals surface area contributed by atoms with Gasteiger partial charge in [0.1, 0.15) is 0 Å². The molecule has 2 atom stereocenters. The maximum atomic E-state index is 8.65. The van der Waals surface area contributed by atoms with E-state index in [4.69, 9.17) is 24.4 Å². The molecule has 0 aromatic carbocycles. The van der Waals surface area contributed by atoms with Gasteiger partial charge in [0.2, 0.25) is 0 Å². The first-order chi connectivity index (χ1) is 3.46. The predicted molar refractivity (Wildman–Crippen MR) is 23.1 cm³/mol. The molecule has 2 N–H and O–H groups in total. The molecule has 2 unspecified atom stereocenters. The van der Waals surface area contributed by atoms with Crippen LogP contribution in [0.25, 0.3) is 0 Å². The van der Waals surface area contributed by atoms with Crippen LogP contribution in [0.4, 0.5) is 0 Å². The molecular weight excluding hydrogens is 294 g/mol. The molecule has 9 heteroatoms. The van der Waals surface area contributed by atoms with Gasteiger partial charge in [-0.1, -0.05) is 0 Å². The van der Waals surface area contributed by atoms with Crippen molar-refractivity contribution in [3.8, 4) is 0 Å². The Morgan fingerprint density at radius 2 is 1.00 bits per heavy atom. The number of rotatable bonds is 0. The molecule has 0 bridgehead atoms. The summed E-state index contributed by atoms with van der Waals surface area (Å²) in [6, 6.07) is 0. The Hall–Kier alpha value is 1.74. The SMILES string of the molecule is O=[Se]([O-])O.O=[Se]([O-])O.[Ca+2]. The zero-order valence-electron chi connectivity index (χ0n) is 4.05. The van der Waals surface area contributed by atoms with Crippen LogP contribution in [-0.4, -0.2) is 75.1 Å². The molecule has 0 radical (unpaired) electrons. The molecule has 0 aliphatic heterocycles. The van der Waals surface area contributed by atoms with Gasteiger partial charge in [0.15, 0.2) is 0 Å². The summed E-state index contributed by atoms with van der Waals surface area (Å²) < 4.78 is 48.8. The molecule has 0 aromatic rings. The zero-order valence-corrected chi connectivity index (χ0v) is 9.69. The van der Waals surface area contributed by atoms with Gasteiger partial charge >= 0.3 is 91.1 Å². The maximum absolute atomic E-state index is 8.65. The van der Waals surface area contributed by atoms with Gasteiger partial charge in [-0.3, -0.25) is 0 Å². The summed E-state index contributed by atoms with van der Waals surface area (Å²) in [5.74, 6) is 0. The molecule has 0 saturated carbocycles. The van der Waals surface area contributed by atoms with Crippen LogP contribution < -0.4 is 8.38 Å². The van der Waals surface area contributed by atoms with E-state index in [2.05, 4.69) is 0 Å². The van der Waals surface area contributed by atoms with Crippen molar-refractivity contribution in [1.29, 1.82) is 0 Å². The van der Waals surface area contributed by atoms with Gasteiger partial charge in [-0.2, -0.15) is 0 Å². The third-order valence-corrected chi connectivity index (χ3v) is 0. The second-order valence-electron chi connectivity index (χ2n) is 0.434. The Kier molecular flexibility index (Phi) is 23.5. The second kappa shape index (κ2) is 12.4. The van der Waals surface area contributed by atoms with Gasteiger partial charge < -0.3 is 0 Å². The maximum Gasteiger partial charge on any atom is 2.00 e. The summed E-state index contributed by atoms with van der Waals surface area (Å²) in [5, 5.41) is 0. The Morgan fingerprint density at radius 3 is 1.00 bits per heavy atom. The Morgan fingerprint density at radius 1 is 1.00 bits per heavy atom. The van der Waals surface area contributed by atoms with Crippen LogP contribution in [0.5, 0.6) is 0 Å². The van der Waals surface area contributed by atoms with Crippen LogP contribution >= 0.6 is 0 Å². The van der Waals surface area contributed by atoms with Gasteiger partial charge in [0.05, 0.1) is 0 Å². The van der Waals surface area contributed by atoms with E-state index in [1.54, 1.807) is 0 Å². The van der Waals surface area contributed by atoms with Crippen molar-refractivity contribution < 1.29 is 24.4 Å². The van der Waals surface area contributed by atoms with E-state index in [1.165, 1.54) is 0 Å². The van der Waals surface area contributed by atoms with Crippen LogP contribution in [0.1, 0.15) is 0 Å². The van der Waals surface area contributed by atoms with Crippen LogP contribution in [0, 0.1) is 0 Å². The Labute approximate surface area is 90.0 Å². The molecule has 0 spiro atoms. The summed E-state index contributed by atoms with van der Waals surface area (Å²) in [6.45, 7) is 0. The first-order valence-corrected chi connectivity index (χ1v) is 5.36. The number of hydrogen-bond acceptors (Lipinski definition) is 4. The fourth-order valence-electron chi connectivity index (χ4n) is 0. The van der Waals surface area contributed by atoms with Crippen molar-refractivity contribution in [2.75, 3.05) is 0 Å². The van der Waals surface area contributed by atoms with Crippen LogP contribution in [0.2, 0.25) is 0 Å². The van der Waals surface area contributed by atoms with Crippen molar-refractivity contribution in [2.24, 2.45) is 0 Å². The summed E-state index contributed by atoms with van der Waals surface area (Å²) in [5.41, 5.74) is 0. The van der Waals surface area contributed by atoms with Gasteiger partial charge in [-0.05, 0) is 0 Å². The molecule has 0 aromatic heterocycles. The van der Waals surface area contributed by atoms with E-state index in [-0.39, 0.29) is 37.7 Å². The summed E-state index contributed by atoms with van der Waals surface area (Å²) in [7, 11) is 0. The predicted octanol–water partition coefficient (Wildman–Crippen LogP) is -4.87. The first-order valence-electron chi connectivity index (χ1n) is 1.03. The van der Waals surface area contributed by atoms with E-state index < -0.39 is 29.0 Å². The van der Waals surface area contributed by atoms with E-state index >= 15 is 0 Å². The molecule has 0 heterocycles. The molecule has 9 heavy (non-hydrogen) atoms. The van der Waals surface area contributed by atoms with Crippen LogP contribution in [-0.2, 0) is 7.67 Å². The van der Waals surface area contributed by atoms with Crippen molar-refractivity contribution >= 4 is 66.7 Å². The van der Waals surface area contributed by atoms with Crippen LogP contribution in [0.15, 0.2) is 0 Å². The average molecular weight is 296 g/mol. The van der Waals surface area contributed by atoms with E-state index in [0.29, 0.717) is 0 Å². The molecule has 6 nitrogen and oxygen atoms in total. The largest absolute Gasteiger partial charge is 2.00 e. The van der Waals surface area contributed by atoms with E-state index in [9.17, 15) is 0 Å². The molecule has 0 fully saturated rings. The van der Waals surface area contributed by atoms with Gasteiger partial charge in [-0.15, -0.1) is 0 Å². The third-order valence-electron chi connectivity index (χ3n) is 0. The normalized spacial score (nSPS) is 13.8. The molecular formula is H2CaO6Se2. The molecule has 52 valence electrons. The standard InChI is InChI=1S/Ca.2H2O3Se/c;2*1-4(2)3/h;2*(H2,1,2,3)/q+2;;/p-2. The Balaban J connectivity index is -0.0000000720. The minimum atomic E-state index is -3.54. The monoisotopic (exact) mass is 298 g/mol. The second-order valence-corrected chi connectivity index (χ2v) is 2.26. The molecule has 0 rings (SSSR count). The van der Waals surface area contributed by atoms with Crippen molar-refractivity contribution in [3.05, 3.63) is 0 Å². The van der Waals surface area contributed by atoms with Crippen molar-refractivity contribution in [3.63, 3.8) is 0 Å².